The fourth-order valence-corrected chi connectivity index (χ4v) is 5.57. The molecule has 0 atom stereocenters. The fourth-order valence-electron chi connectivity index (χ4n) is 4.69. The molecule has 2 aromatic rings. The van der Waals surface area contributed by atoms with Crippen LogP contribution in [0.15, 0.2) is 24.3 Å². The van der Waals surface area contributed by atoms with E-state index >= 15 is 0 Å². The summed E-state index contributed by atoms with van der Waals surface area (Å²) in [5, 5.41) is 0.761. The maximum atomic E-state index is 12.9. The van der Waals surface area contributed by atoms with Crippen LogP contribution in [-0.2, 0) is 4.79 Å². The van der Waals surface area contributed by atoms with Gasteiger partial charge in [0.2, 0.25) is 5.91 Å². The summed E-state index contributed by atoms with van der Waals surface area (Å²) < 4.78 is 7.30. The number of hydrogen-bond acceptors (Lipinski definition) is 4. The molecular weight excluding hydrogens is 368 g/mol. The third kappa shape index (κ3) is 4.68. The second kappa shape index (κ2) is 9.25. The molecule has 1 aromatic heterocycles. The molecule has 4 rings (SSSR count). The number of carbonyl (C=O) groups is 1. The van der Waals surface area contributed by atoms with Crippen molar-refractivity contribution in [3.8, 4) is 5.19 Å². The highest BCUT2D eigenvalue weighted by molar-refractivity contribution is 7.20. The minimum atomic E-state index is 0.175. The number of para-hydroxylation sites is 1. The van der Waals surface area contributed by atoms with E-state index in [-0.39, 0.29) is 12.0 Å². The summed E-state index contributed by atoms with van der Waals surface area (Å²) >= 11 is 1.61. The van der Waals surface area contributed by atoms with E-state index in [1.54, 1.807) is 11.3 Å². The van der Waals surface area contributed by atoms with Crippen molar-refractivity contribution in [2.24, 2.45) is 11.8 Å². The van der Waals surface area contributed by atoms with Crippen LogP contribution in [0.3, 0.4) is 0 Å². The van der Waals surface area contributed by atoms with E-state index in [1.165, 1.54) is 36.8 Å². The van der Waals surface area contributed by atoms with Crippen LogP contribution in [-0.4, -0.2) is 35.0 Å². The number of ether oxygens (including phenoxy) is 1. The maximum Gasteiger partial charge on any atom is 0.274 e. The van der Waals surface area contributed by atoms with E-state index in [0.29, 0.717) is 5.91 Å². The number of thiazole rings is 1. The van der Waals surface area contributed by atoms with Gasteiger partial charge >= 0.3 is 0 Å². The second-order valence-corrected chi connectivity index (χ2v) is 9.44. The molecule has 0 N–H and O–H groups in total. The van der Waals surface area contributed by atoms with E-state index in [9.17, 15) is 4.79 Å². The van der Waals surface area contributed by atoms with Gasteiger partial charge in [-0.15, -0.1) is 0 Å². The van der Waals surface area contributed by atoms with Gasteiger partial charge in [0.25, 0.3) is 5.19 Å². The van der Waals surface area contributed by atoms with Gasteiger partial charge < -0.3 is 9.64 Å². The molecule has 0 spiro atoms. The fraction of sp³-hybridized carbons (Fsp3) is 0.652. The van der Waals surface area contributed by atoms with Crippen LogP contribution in [0, 0.1) is 11.8 Å². The SMILES string of the molecule is CCCCC1CCC(C(=O)N2CCC(Oc3nc4ccccc4s3)CC2)CC1. The van der Waals surface area contributed by atoms with Gasteiger partial charge in [-0.3, -0.25) is 4.79 Å². The summed E-state index contributed by atoms with van der Waals surface area (Å²) in [5.74, 6) is 1.52. The maximum absolute atomic E-state index is 12.9. The van der Waals surface area contributed by atoms with Gasteiger partial charge in [0.15, 0.2) is 0 Å². The average Bonchev–Trinajstić information content (AvgIpc) is 3.15. The zero-order valence-corrected chi connectivity index (χ0v) is 17.8. The van der Waals surface area contributed by atoms with E-state index < -0.39 is 0 Å². The Balaban J connectivity index is 1.23. The molecule has 2 heterocycles. The molecule has 1 aliphatic heterocycles. The first-order chi connectivity index (χ1) is 13.7. The predicted octanol–water partition coefficient (Wildman–Crippen LogP) is 5.66. The summed E-state index contributed by atoms with van der Waals surface area (Å²) in [6.45, 7) is 3.91. The predicted molar refractivity (Wildman–Crippen MR) is 115 cm³/mol. The van der Waals surface area contributed by atoms with E-state index in [1.807, 2.05) is 18.2 Å². The number of rotatable bonds is 6. The van der Waals surface area contributed by atoms with Crippen molar-refractivity contribution >= 4 is 27.5 Å². The van der Waals surface area contributed by atoms with Gasteiger partial charge in [-0.1, -0.05) is 49.7 Å². The van der Waals surface area contributed by atoms with Crippen molar-refractivity contribution in [2.75, 3.05) is 13.1 Å². The second-order valence-electron chi connectivity index (χ2n) is 8.45. The molecule has 1 saturated heterocycles. The lowest BCUT2D eigenvalue weighted by molar-refractivity contribution is -0.138. The number of likely N-dealkylation sites (tertiary alicyclic amines) is 1. The molecule has 2 fully saturated rings. The highest BCUT2D eigenvalue weighted by Gasteiger charge is 2.32. The molecule has 152 valence electrons. The average molecular weight is 401 g/mol. The van der Waals surface area contributed by atoms with Gasteiger partial charge in [-0.2, -0.15) is 0 Å². The molecule has 1 aliphatic carbocycles. The molecule has 4 nitrogen and oxygen atoms in total. The smallest absolute Gasteiger partial charge is 0.274 e. The number of piperidine rings is 1. The third-order valence-corrected chi connectivity index (χ3v) is 7.38. The number of carbonyl (C=O) groups excluding carboxylic acids is 1. The Kier molecular flexibility index (Phi) is 6.50. The van der Waals surface area contributed by atoms with Crippen molar-refractivity contribution in [1.29, 1.82) is 0 Å². The Morgan fingerprint density at radius 1 is 1.14 bits per heavy atom. The Labute approximate surface area is 172 Å². The quantitative estimate of drug-likeness (QED) is 0.628. The van der Waals surface area contributed by atoms with Crippen molar-refractivity contribution in [2.45, 2.75) is 70.8 Å². The topological polar surface area (TPSA) is 42.4 Å². The van der Waals surface area contributed by atoms with E-state index in [0.717, 1.165) is 55.4 Å². The summed E-state index contributed by atoms with van der Waals surface area (Å²) in [7, 11) is 0. The standard InChI is InChI=1S/C23H32N2O2S/c1-2-3-6-17-9-11-18(12-10-17)22(26)25-15-13-19(14-16-25)27-23-24-20-7-4-5-8-21(20)28-23/h4-5,7-8,17-19H,2-3,6,9-16H2,1H3. The molecule has 5 heteroatoms. The van der Waals surface area contributed by atoms with Crippen LogP contribution < -0.4 is 4.74 Å². The van der Waals surface area contributed by atoms with Gasteiger partial charge in [0.1, 0.15) is 6.10 Å². The minimum absolute atomic E-state index is 0.175. The number of hydrogen-bond donors (Lipinski definition) is 0. The number of benzene rings is 1. The van der Waals surface area contributed by atoms with Gasteiger partial charge in [-0.05, 0) is 43.7 Å². The molecule has 0 bridgehead atoms. The van der Waals surface area contributed by atoms with Crippen LogP contribution in [0.1, 0.15) is 64.7 Å². The zero-order valence-electron chi connectivity index (χ0n) is 16.9. The Morgan fingerprint density at radius 2 is 1.89 bits per heavy atom. The van der Waals surface area contributed by atoms with Gasteiger partial charge in [0, 0.05) is 31.8 Å². The highest BCUT2D eigenvalue weighted by Crippen LogP contribution is 2.34. The number of amides is 1. The van der Waals surface area contributed by atoms with Crippen LogP contribution >= 0.6 is 11.3 Å². The molecule has 28 heavy (non-hydrogen) atoms. The first-order valence-corrected chi connectivity index (χ1v) is 11.9. The highest BCUT2D eigenvalue weighted by atomic mass is 32.1. The van der Waals surface area contributed by atoms with E-state index in [2.05, 4.69) is 22.9 Å². The first-order valence-electron chi connectivity index (χ1n) is 11.0. The van der Waals surface area contributed by atoms with Crippen molar-refractivity contribution in [1.82, 2.24) is 9.88 Å². The molecule has 2 aliphatic rings. The van der Waals surface area contributed by atoms with Crippen molar-refractivity contribution in [3.05, 3.63) is 24.3 Å². The monoisotopic (exact) mass is 400 g/mol. The number of aromatic nitrogens is 1. The van der Waals surface area contributed by atoms with Crippen LogP contribution in [0.4, 0.5) is 0 Å². The van der Waals surface area contributed by atoms with E-state index in [4.69, 9.17) is 4.74 Å². The van der Waals surface area contributed by atoms with Gasteiger partial charge in [-0.25, -0.2) is 4.98 Å². The molecular formula is C23H32N2O2S. The summed E-state index contributed by atoms with van der Waals surface area (Å²) in [4.78, 5) is 19.6. The summed E-state index contributed by atoms with van der Waals surface area (Å²) in [6, 6.07) is 8.15. The number of unbranched alkanes of at least 4 members (excludes halogenated alkanes) is 1. The third-order valence-electron chi connectivity index (χ3n) is 6.46. The zero-order chi connectivity index (χ0) is 19.3. The number of fused-ring (bicyclic) bond motifs is 1. The largest absolute Gasteiger partial charge is 0.467 e. The minimum Gasteiger partial charge on any atom is -0.467 e. The molecule has 0 unspecified atom stereocenters. The lowest BCUT2D eigenvalue weighted by Crippen LogP contribution is -2.45. The van der Waals surface area contributed by atoms with Gasteiger partial charge in [0.05, 0.1) is 10.2 Å². The van der Waals surface area contributed by atoms with Crippen LogP contribution in [0.5, 0.6) is 5.19 Å². The Bertz CT molecular complexity index is 741. The lowest BCUT2D eigenvalue weighted by atomic mass is 9.79. The number of nitrogens with zero attached hydrogens (tertiary/aromatic N) is 2. The summed E-state index contributed by atoms with van der Waals surface area (Å²) in [6.07, 6.45) is 10.6. The van der Waals surface area contributed by atoms with Crippen molar-refractivity contribution < 1.29 is 9.53 Å². The normalized spacial score (nSPS) is 23.8. The molecule has 1 amide bonds. The molecule has 0 radical (unpaired) electrons. The Hall–Kier alpha value is -1.62. The van der Waals surface area contributed by atoms with Crippen LogP contribution in [0.25, 0.3) is 10.2 Å². The van der Waals surface area contributed by atoms with Crippen LogP contribution in [0.2, 0.25) is 0 Å². The lowest BCUT2D eigenvalue weighted by Gasteiger charge is -2.36. The summed E-state index contributed by atoms with van der Waals surface area (Å²) in [5.41, 5.74) is 1.00. The van der Waals surface area contributed by atoms with Crippen molar-refractivity contribution in [3.63, 3.8) is 0 Å². The Morgan fingerprint density at radius 3 is 2.61 bits per heavy atom. The first kappa shape index (κ1) is 19.7. The molecule has 1 aromatic carbocycles. The molecule has 1 saturated carbocycles.